The number of methoxy groups -OCH3 is 1. The number of hydrogen-bond acceptors (Lipinski definition) is 4. The minimum Gasteiger partial charge on any atom is -0.390 e. The van der Waals surface area contributed by atoms with Crippen LogP contribution >= 0.6 is 0 Å². The van der Waals surface area contributed by atoms with E-state index in [1.165, 1.54) is 7.11 Å². The lowest BCUT2D eigenvalue weighted by Crippen LogP contribution is -2.47. The molecule has 1 saturated heterocycles. The van der Waals surface area contributed by atoms with Crippen LogP contribution in [0.4, 0.5) is 0 Å². The van der Waals surface area contributed by atoms with E-state index in [0.29, 0.717) is 6.42 Å². The van der Waals surface area contributed by atoms with Gasteiger partial charge in [-0.2, -0.15) is 0 Å². The molecule has 4 atom stereocenters. The number of aliphatic hydroxyl groups is 2. The van der Waals surface area contributed by atoms with Gasteiger partial charge in [0.15, 0.2) is 6.29 Å². The number of rotatable bonds is 1. The van der Waals surface area contributed by atoms with Crippen molar-refractivity contribution >= 4 is 0 Å². The topological polar surface area (TPSA) is 58.9 Å². The number of hydrogen-bond donors (Lipinski definition) is 2. The summed E-state index contributed by atoms with van der Waals surface area (Å²) < 4.78 is 10.1. The maximum Gasteiger partial charge on any atom is 0.160 e. The fourth-order valence-corrected chi connectivity index (χ4v) is 1.18. The summed E-state index contributed by atoms with van der Waals surface area (Å²) in [6.45, 7) is 1.71. The third-order valence-corrected chi connectivity index (χ3v) is 1.94. The van der Waals surface area contributed by atoms with Crippen LogP contribution in [0, 0.1) is 0 Å². The van der Waals surface area contributed by atoms with Gasteiger partial charge in [0.05, 0.1) is 12.2 Å². The molecule has 0 radical (unpaired) electrons. The lowest BCUT2D eigenvalue weighted by molar-refractivity contribution is -0.237. The van der Waals surface area contributed by atoms with Crippen LogP contribution in [0.3, 0.4) is 0 Å². The van der Waals surface area contributed by atoms with Crippen molar-refractivity contribution in [3.63, 3.8) is 0 Å². The molecule has 0 bridgehead atoms. The third-order valence-electron chi connectivity index (χ3n) is 1.94. The van der Waals surface area contributed by atoms with Crippen LogP contribution in [-0.4, -0.2) is 41.9 Å². The Bertz CT molecular complexity index is 116. The van der Waals surface area contributed by atoms with E-state index in [-0.39, 0.29) is 12.4 Å². The largest absolute Gasteiger partial charge is 0.390 e. The van der Waals surface area contributed by atoms with Gasteiger partial charge in [-0.05, 0) is 6.92 Å². The molecule has 0 spiro atoms. The van der Waals surface area contributed by atoms with E-state index in [2.05, 4.69) is 0 Å². The van der Waals surface area contributed by atoms with Gasteiger partial charge in [-0.15, -0.1) is 0 Å². The highest BCUT2D eigenvalue weighted by atomic mass is 16.7. The molecule has 4 heteroatoms. The van der Waals surface area contributed by atoms with Crippen molar-refractivity contribution in [1.82, 2.24) is 0 Å². The zero-order valence-electron chi connectivity index (χ0n) is 6.73. The summed E-state index contributed by atoms with van der Waals surface area (Å²) in [6, 6.07) is 0. The molecular weight excluding hydrogens is 148 g/mol. The second kappa shape index (κ2) is 3.49. The summed E-state index contributed by atoms with van der Waals surface area (Å²) in [5.74, 6) is 0. The Morgan fingerprint density at radius 2 is 2.09 bits per heavy atom. The minimum atomic E-state index is -0.790. The van der Waals surface area contributed by atoms with Crippen molar-refractivity contribution in [2.45, 2.75) is 37.9 Å². The molecule has 0 saturated carbocycles. The predicted molar refractivity (Wildman–Crippen MR) is 38.0 cm³/mol. The molecule has 4 nitrogen and oxygen atoms in total. The Balaban J connectivity index is 2.47. The summed E-state index contributed by atoms with van der Waals surface area (Å²) in [4.78, 5) is 0. The van der Waals surface area contributed by atoms with Crippen LogP contribution in [0.5, 0.6) is 0 Å². The zero-order valence-corrected chi connectivity index (χ0v) is 6.73. The van der Waals surface area contributed by atoms with Crippen LogP contribution in [0.15, 0.2) is 0 Å². The first-order chi connectivity index (χ1) is 5.15. The maximum absolute atomic E-state index is 9.24. The molecule has 0 amide bonds. The molecule has 66 valence electrons. The Morgan fingerprint density at radius 3 is 2.55 bits per heavy atom. The number of aliphatic hydroxyl groups excluding tert-OH is 2. The molecule has 1 aliphatic heterocycles. The normalized spacial score (nSPS) is 45.8. The Kier molecular flexibility index (Phi) is 2.84. The summed E-state index contributed by atoms with van der Waals surface area (Å²) >= 11 is 0. The third kappa shape index (κ3) is 1.90. The molecule has 0 aromatic carbocycles. The van der Waals surface area contributed by atoms with E-state index in [1.807, 2.05) is 0 Å². The van der Waals surface area contributed by atoms with Gasteiger partial charge in [0, 0.05) is 13.5 Å². The molecule has 1 heterocycles. The predicted octanol–water partition coefficient (Wildman–Crippen LogP) is -0.510. The van der Waals surface area contributed by atoms with E-state index in [4.69, 9.17) is 9.47 Å². The van der Waals surface area contributed by atoms with Crippen molar-refractivity contribution in [3.8, 4) is 0 Å². The van der Waals surface area contributed by atoms with E-state index in [0.717, 1.165) is 0 Å². The molecule has 1 aliphatic rings. The fourth-order valence-electron chi connectivity index (χ4n) is 1.18. The maximum atomic E-state index is 9.24. The Labute approximate surface area is 65.7 Å². The quantitative estimate of drug-likeness (QED) is 0.545. The molecule has 0 unspecified atom stereocenters. The monoisotopic (exact) mass is 162 g/mol. The average Bonchev–Trinajstić information content (AvgIpc) is 1.99. The van der Waals surface area contributed by atoms with E-state index >= 15 is 0 Å². The SMILES string of the molecule is CO[C@@H]1C[C@@H](O)[C@@H](O)[C@@H](C)O1. The standard InChI is InChI=1S/C7H14O4/c1-4-7(9)5(8)3-6(10-2)11-4/h4-9H,3H2,1-2H3/t4-,5-,6+,7+/m1/s1. The van der Waals surface area contributed by atoms with Gasteiger partial charge >= 0.3 is 0 Å². The van der Waals surface area contributed by atoms with Gasteiger partial charge in [0.1, 0.15) is 6.10 Å². The first kappa shape index (κ1) is 8.93. The van der Waals surface area contributed by atoms with Gasteiger partial charge in [0.2, 0.25) is 0 Å². The summed E-state index contributed by atoms with van der Waals surface area (Å²) in [5.41, 5.74) is 0. The molecule has 0 aromatic heterocycles. The van der Waals surface area contributed by atoms with Crippen LogP contribution in [0.1, 0.15) is 13.3 Å². The van der Waals surface area contributed by atoms with Gasteiger partial charge in [-0.1, -0.05) is 0 Å². The molecule has 2 N–H and O–H groups in total. The van der Waals surface area contributed by atoms with E-state index in [9.17, 15) is 10.2 Å². The summed E-state index contributed by atoms with van der Waals surface area (Å²) in [6.07, 6.45) is -1.93. The van der Waals surface area contributed by atoms with Crippen LogP contribution in [-0.2, 0) is 9.47 Å². The smallest absolute Gasteiger partial charge is 0.160 e. The minimum absolute atomic E-state index is 0.335. The van der Waals surface area contributed by atoms with Crippen LogP contribution < -0.4 is 0 Å². The first-order valence-corrected chi connectivity index (χ1v) is 3.69. The zero-order chi connectivity index (χ0) is 8.43. The molecule has 0 aliphatic carbocycles. The van der Waals surface area contributed by atoms with Crippen molar-refractivity contribution in [2.24, 2.45) is 0 Å². The van der Waals surface area contributed by atoms with Gasteiger partial charge in [-0.3, -0.25) is 0 Å². The molecular formula is C7H14O4. The summed E-state index contributed by atoms with van der Waals surface area (Å²) in [5, 5.41) is 18.5. The van der Waals surface area contributed by atoms with E-state index < -0.39 is 12.2 Å². The van der Waals surface area contributed by atoms with Crippen LogP contribution in [0.25, 0.3) is 0 Å². The first-order valence-electron chi connectivity index (χ1n) is 3.69. The lowest BCUT2D eigenvalue weighted by Gasteiger charge is -2.34. The van der Waals surface area contributed by atoms with Crippen molar-refractivity contribution in [1.29, 1.82) is 0 Å². The summed E-state index contributed by atoms with van der Waals surface area (Å²) in [7, 11) is 1.52. The molecule has 1 rings (SSSR count). The highest BCUT2D eigenvalue weighted by Gasteiger charge is 2.33. The Morgan fingerprint density at radius 1 is 1.45 bits per heavy atom. The van der Waals surface area contributed by atoms with Crippen molar-refractivity contribution in [3.05, 3.63) is 0 Å². The second-order valence-electron chi connectivity index (χ2n) is 2.80. The van der Waals surface area contributed by atoms with Gasteiger partial charge in [0.25, 0.3) is 0 Å². The molecule has 1 fully saturated rings. The van der Waals surface area contributed by atoms with Crippen LogP contribution in [0.2, 0.25) is 0 Å². The van der Waals surface area contributed by atoms with Crippen molar-refractivity contribution in [2.75, 3.05) is 7.11 Å². The molecule has 11 heavy (non-hydrogen) atoms. The van der Waals surface area contributed by atoms with Gasteiger partial charge in [-0.25, -0.2) is 0 Å². The molecule has 0 aromatic rings. The average molecular weight is 162 g/mol. The Hall–Kier alpha value is -0.160. The lowest BCUT2D eigenvalue weighted by atomic mass is 10.0. The second-order valence-corrected chi connectivity index (χ2v) is 2.80. The highest BCUT2D eigenvalue weighted by molar-refractivity contribution is 4.79. The fraction of sp³-hybridized carbons (Fsp3) is 1.00. The number of ether oxygens (including phenoxy) is 2. The van der Waals surface area contributed by atoms with Gasteiger partial charge < -0.3 is 19.7 Å². The van der Waals surface area contributed by atoms with E-state index in [1.54, 1.807) is 6.92 Å². The van der Waals surface area contributed by atoms with Crippen molar-refractivity contribution < 1.29 is 19.7 Å². The highest BCUT2D eigenvalue weighted by Crippen LogP contribution is 2.19.